The Hall–Kier alpha value is -0.790. The molecule has 1 heterocycles. The molecule has 0 aliphatic rings. The van der Waals surface area contributed by atoms with Gasteiger partial charge < -0.3 is 0 Å². The fourth-order valence-corrected chi connectivity index (χ4v) is 4.75. The largest absolute Gasteiger partial charge is 0.257 e. The van der Waals surface area contributed by atoms with Gasteiger partial charge in [-0.15, -0.1) is 0 Å². The van der Waals surface area contributed by atoms with Gasteiger partial charge in [0, 0.05) is 0 Å². The molecular weight excluding hydrogens is 364 g/mol. The summed E-state index contributed by atoms with van der Waals surface area (Å²) in [4.78, 5) is 3.55. The topological polar surface area (TPSA) is 19.7 Å². The molecule has 0 radical (unpaired) electrons. The standard InChI is InChI=1S/C28H54N2/c1-5-7-9-11-12-13-14-15-16-17-19-21-23-27(4)30-25-24-29-28(30)26(3)22-20-18-10-8-6-2/h24-27H,5-23H2,1-4H3/p+1. The number of imidazole rings is 1. The van der Waals surface area contributed by atoms with Crippen LogP contribution in [0, 0.1) is 0 Å². The van der Waals surface area contributed by atoms with Gasteiger partial charge in [0.2, 0.25) is 0 Å². The van der Waals surface area contributed by atoms with Crippen LogP contribution < -0.4 is 4.57 Å². The van der Waals surface area contributed by atoms with Crippen molar-refractivity contribution < 1.29 is 4.57 Å². The zero-order chi connectivity index (χ0) is 21.9. The minimum absolute atomic E-state index is 0.622. The maximum absolute atomic E-state index is 3.55. The van der Waals surface area contributed by atoms with E-state index in [1.54, 1.807) is 0 Å². The van der Waals surface area contributed by atoms with Crippen LogP contribution in [0.4, 0.5) is 0 Å². The minimum Gasteiger partial charge on any atom is -0.247 e. The average Bonchev–Trinajstić information content (AvgIpc) is 3.24. The van der Waals surface area contributed by atoms with Crippen LogP contribution in [0.2, 0.25) is 0 Å². The zero-order valence-electron chi connectivity index (χ0n) is 21.2. The van der Waals surface area contributed by atoms with Crippen LogP contribution in [-0.2, 0) is 0 Å². The monoisotopic (exact) mass is 419 g/mol. The Morgan fingerprint density at radius 2 is 1.07 bits per heavy atom. The van der Waals surface area contributed by atoms with Crippen molar-refractivity contribution >= 4 is 0 Å². The van der Waals surface area contributed by atoms with Crippen molar-refractivity contribution in [1.82, 2.24) is 4.98 Å². The smallest absolute Gasteiger partial charge is 0.247 e. The molecule has 0 amide bonds. The molecule has 1 aromatic rings. The molecule has 0 spiro atoms. The molecule has 1 rings (SSSR count). The van der Waals surface area contributed by atoms with Crippen LogP contribution >= 0.6 is 0 Å². The van der Waals surface area contributed by atoms with Crippen molar-refractivity contribution in [3.05, 3.63) is 18.2 Å². The summed E-state index contributed by atoms with van der Waals surface area (Å²) in [6.45, 7) is 9.40. The second-order valence-electron chi connectivity index (χ2n) is 9.88. The van der Waals surface area contributed by atoms with Gasteiger partial charge in [-0.3, -0.25) is 0 Å². The van der Waals surface area contributed by atoms with Gasteiger partial charge in [-0.05, 0) is 26.2 Å². The second kappa shape index (κ2) is 18.9. The van der Waals surface area contributed by atoms with Crippen molar-refractivity contribution in [2.45, 2.75) is 162 Å². The highest BCUT2D eigenvalue weighted by Crippen LogP contribution is 2.21. The maximum atomic E-state index is 3.55. The van der Waals surface area contributed by atoms with Crippen LogP contribution in [0.1, 0.15) is 167 Å². The average molecular weight is 420 g/mol. The lowest BCUT2D eigenvalue weighted by Gasteiger charge is -2.14. The lowest BCUT2D eigenvalue weighted by atomic mass is 10.0. The van der Waals surface area contributed by atoms with Crippen molar-refractivity contribution in [2.75, 3.05) is 0 Å². The molecule has 2 atom stereocenters. The summed E-state index contributed by atoms with van der Waals surface area (Å²) in [6, 6.07) is 0.622. The van der Waals surface area contributed by atoms with E-state index in [2.05, 4.69) is 49.6 Å². The third-order valence-electron chi connectivity index (χ3n) is 6.90. The number of nitrogens with one attached hydrogen (secondary N) is 1. The van der Waals surface area contributed by atoms with Gasteiger partial charge in [-0.2, -0.15) is 0 Å². The SMILES string of the molecule is CCCCCCCCCCCCCCC(C)[n+]1cc[nH]c1C(C)CCCCCCC. The highest BCUT2D eigenvalue weighted by atomic mass is 15.1. The normalized spacial score (nSPS) is 13.6. The predicted molar refractivity (Wildman–Crippen MR) is 133 cm³/mol. The Balaban J connectivity index is 2.09. The Morgan fingerprint density at radius 1 is 0.633 bits per heavy atom. The summed E-state index contributed by atoms with van der Waals surface area (Å²) in [7, 11) is 0. The number of nitrogens with zero attached hydrogens (tertiary/aromatic N) is 1. The van der Waals surface area contributed by atoms with Crippen LogP contribution in [0.5, 0.6) is 0 Å². The molecule has 2 nitrogen and oxygen atoms in total. The highest BCUT2D eigenvalue weighted by Gasteiger charge is 2.21. The lowest BCUT2D eigenvalue weighted by Crippen LogP contribution is -2.40. The van der Waals surface area contributed by atoms with Gasteiger partial charge in [0.1, 0.15) is 12.4 Å². The van der Waals surface area contributed by atoms with E-state index in [9.17, 15) is 0 Å². The number of unbranched alkanes of at least 4 members (excludes halogenated alkanes) is 15. The first-order chi connectivity index (χ1) is 14.7. The summed E-state index contributed by atoms with van der Waals surface area (Å²) in [5.74, 6) is 2.09. The summed E-state index contributed by atoms with van der Waals surface area (Å²) >= 11 is 0. The van der Waals surface area contributed by atoms with Gasteiger partial charge in [0.25, 0.3) is 5.82 Å². The molecular formula is C28H55N2+. The molecule has 1 aromatic heterocycles. The van der Waals surface area contributed by atoms with Gasteiger partial charge in [0.15, 0.2) is 0 Å². The number of aromatic amines is 1. The fraction of sp³-hybridized carbons (Fsp3) is 0.893. The van der Waals surface area contributed by atoms with Gasteiger partial charge in [-0.25, -0.2) is 9.55 Å². The van der Waals surface area contributed by atoms with Crippen LogP contribution in [-0.4, -0.2) is 4.98 Å². The summed E-state index contributed by atoms with van der Waals surface area (Å²) in [5.41, 5.74) is 0. The van der Waals surface area contributed by atoms with E-state index < -0.39 is 0 Å². The Kier molecular flexibility index (Phi) is 17.2. The first-order valence-electron chi connectivity index (χ1n) is 13.8. The molecule has 0 aliphatic carbocycles. The van der Waals surface area contributed by atoms with E-state index >= 15 is 0 Å². The molecule has 0 aromatic carbocycles. The molecule has 0 fully saturated rings. The van der Waals surface area contributed by atoms with E-state index in [-0.39, 0.29) is 0 Å². The first kappa shape index (κ1) is 27.2. The number of H-pyrrole nitrogens is 1. The summed E-state index contributed by atoms with van der Waals surface area (Å²) in [5, 5.41) is 0. The molecule has 2 heteroatoms. The maximum Gasteiger partial charge on any atom is 0.257 e. The number of hydrogen-bond acceptors (Lipinski definition) is 0. The van der Waals surface area contributed by atoms with E-state index in [0.717, 1.165) is 0 Å². The Morgan fingerprint density at radius 3 is 1.57 bits per heavy atom. The van der Waals surface area contributed by atoms with Crippen LogP contribution in [0.3, 0.4) is 0 Å². The second-order valence-corrected chi connectivity index (χ2v) is 9.88. The quantitative estimate of drug-likeness (QED) is 0.151. The zero-order valence-corrected chi connectivity index (χ0v) is 21.2. The van der Waals surface area contributed by atoms with E-state index in [1.807, 2.05) is 0 Å². The minimum atomic E-state index is 0.622. The molecule has 176 valence electrons. The third kappa shape index (κ3) is 12.8. The first-order valence-corrected chi connectivity index (χ1v) is 13.8. The third-order valence-corrected chi connectivity index (χ3v) is 6.90. The van der Waals surface area contributed by atoms with Gasteiger partial charge in [0.05, 0.1) is 12.0 Å². The van der Waals surface area contributed by atoms with Crippen molar-refractivity contribution in [3.63, 3.8) is 0 Å². The molecule has 0 saturated carbocycles. The highest BCUT2D eigenvalue weighted by molar-refractivity contribution is 4.87. The molecule has 0 saturated heterocycles. The van der Waals surface area contributed by atoms with Crippen LogP contribution in [0.25, 0.3) is 0 Å². The predicted octanol–water partition coefficient (Wildman–Crippen LogP) is 9.42. The van der Waals surface area contributed by atoms with Crippen LogP contribution in [0.15, 0.2) is 12.4 Å². The molecule has 0 aliphatic heterocycles. The lowest BCUT2D eigenvalue weighted by molar-refractivity contribution is -0.727. The number of rotatable bonds is 21. The Labute approximate surface area is 189 Å². The number of hydrogen-bond donors (Lipinski definition) is 1. The van der Waals surface area contributed by atoms with E-state index in [0.29, 0.717) is 12.0 Å². The van der Waals surface area contributed by atoms with Crippen molar-refractivity contribution in [3.8, 4) is 0 Å². The van der Waals surface area contributed by atoms with Gasteiger partial charge in [-0.1, -0.05) is 124 Å². The fourth-order valence-electron chi connectivity index (χ4n) is 4.75. The Bertz CT molecular complexity index is 479. The molecule has 2 unspecified atom stereocenters. The van der Waals surface area contributed by atoms with E-state index in [1.165, 1.54) is 128 Å². The van der Waals surface area contributed by atoms with E-state index in [4.69, 9.17) is 0 Å². The van der Waals surface area contributed by atoms with Gasteiger partial charge >= 0.3 is 0 Å². The number of aromatic nitrogens is 2. The summed E-state index contributed by atoms with van der Waals surface area (Å²) < 4.78 is 2.52. The molecule has 1 N–H and O–H groups in total. The summed E-state index contributed by atoms with van der Waals surface area (Å²) in [6.07, 6.45) is 31.2. The van der Waals surface area contributed by atoms with Crippen molar-refractivity contribution in [1.29, 1.82) is 0 Å². The molecule has 30 heavy (non-hydrogen) atoms. The molecule has 0 bridgehead atoms. The van der Waals surface area contributed by atoms with Crippen molar-refractivity contribution in [2.24, 2.45) is 0 Å².